The van der Waals surface area contributed by atoms with Crippen LogP contribution in [0.15, 0.2) is 24.3 Å². The second kappa shape index (κ2) is 3.83. The van der Waals surface area contributed by atoms with E-state index in [1.54, 1.807) is 12.1 Å². The summed E-state index contributed by atoms with van der Waals surface area (Å²) in [4.78, 5) is 0. The molecule has 0 aliphatic heterocycles. The molecule has 1 nitrogen and oxygen atoms in total. The summed E-state index contributed by atoms with van der Waals surface area (Å²) >= 11 is 1.94. The van der Waals surface area contributed by atoms with Gasteiger partial charge in [-0.25, -0.2) is 0 Å². The molecule has 0 saturated heterocycles. The highest BCUT2D eigenvalue weighted by atomic mass is 127. The van der Waals surface area contributed by atoms with E-state index in [1.165, 1.54) is 12.1 Å². The lowest BCUT2D eigenvalue weighted by Gasteiger charge is -2.15. The maximum absolute atomic E-state index is 12.1. The summed E-state index contributed by atoms with van der Waals surface area (Å²) < 4.78 is 37.2. The zero-order chi connectivity index (χ0) is 10.1. The van der Waals surface area contributed by atoms with Crippen LogP contribution < -0.4 is 5.73 Å². The second-order valence-electron chi connectivity index (χ2n) is 2.57. The third kappa shape index (κ3) is 2.84. The fourth-order valence-corrected chi connectivity index (χ4v) is 1.46. The highest BCUT2D eigenvalue weighted by molar-refractivity contribution is 14.1. The van der Waals surface area contributed by atoms with Crippen LogP contribution in [0.1, 0.15) is 11.6 Å². The fraction of sp³-hybridized carbons (Fsp3) is 0.250. The molecule has 13 heavy (non-hydrogen) atoms. The van der Waals surface area contributed by atoms with Crippen molar-refractivity contribution in [2.45, 2.75) is 12.2 Å². The van der Waals surface area contributed by atoms with E-state index in [1.807, 2.05) is 22.6 Å². The molecule has 0 saturated carbocycles. The Kier molecular flexibility index (Phi) is 3.18. The van der Waals surface area contributed by atoms with Gasteiger partial charge in [0.2, 0.25) is 0 Å². The smallest absolute Gasteiger partial charge is 0.316 e. The highest BCUT2D eigenvalue weighted by Crippen LogP contribution is 2.30. The van der Waals surface area contributed by atoms with Gasteiger partial charge in [-0.2, -0.15) is 13.2 Å². The number of hydrogen-bond acceptors (Lipinski definition) is 1. The van der Waals surface area contributed by atoms with Crippen molar-refractivity contribution in [2.75, 3.05) is 0 Å². The topological polar surface area (TPSA) is 26.0 Å². The minimum absolute atomic E-state index is 0.0967. The van der Waals surface area contributed by atoms with E-state index < -0.39 is 12.2 Å². The van der Waals surface area contributed by atoms with Gasteiger partial charge in [0.1, 0.15) is 6.04 Å². The summed E-state index contributed by atoms with van der Waals surface area (Å²) in [6.45, 7) is 0. The molecule has 1 aromatic rings. The minimum atomic E-state index is -4.37. The predicted octanol–water partition coefficient (Wildman–Crippen LogP) is 2.85. The number of benzene rings is 1. The number of rotatable bonds is 1. The SMILES string of the molecule is NC(c1cccc(I)c1)C(F)(F)F. The Morgan fingerprint density at radius 2 is 1.92 bits per heavy atom. The van der Waals surface area contributed by atoms with Gasteiger partial charge in [-0.05, 0) is 40.3 Å². The maximum Gasteiger partial charge on any atom is 0.407 e. The van der Waals surface area contributed by atoms with Crippen molar-refractivity contribution in [3.05, 3.63) is 33.4 Å². The van der Waals surface area contributed by atoms with Crippen LogP contribution in [0.2, 0.25) is 0 Å². The van der Waals surface area contributed by atoms with E-state index in [2.05, 4.69) is 0 Å². The Morgan fingerprint density at radius 3 is 2.38 bits per heavy atom. The lowest BCUT2D eigenvalue weighted by molar-refractivity contribution is -0.149. The summed E-state index contributed by atoms with van der Waals surface area (Å²) in [7, 11) is 0. The Labute approximate surface area is 87.3 Å². The van der Waals surface area contributed by atoms with Crippen LogP contribution in [0.5, 0.6) is 0 Å². The Balaban J connectivity index is 2.96. The molecule has 0 amide bonds. The lowest BCUT2D eigenvalue weighted by atomic mass is 10.1. The van der Waals surface area contributed by atoms with Gasteiger partial charge in [0.25, 0.3) is 0 Å². The van der Waals surface area contributed by atoms with Crippen LogP contribution in [0.4, 0.5) is 13.2 Å². The minimum Gasteiger partial charge on any atom is -0.316 e. The summed E-state index contributed by atoms with van der Waals surface area (Å²) in [5, 5.41) is 0. The van der Waals surface area contributed by atoms with E-state index in [4.69, 9.17) is 5.73 Å². The molecule has 0 fully saturated rings. The third-order valence-corrected chi connectivity index (χ3v) is 2.23. The standard InChI is InChI=1S/C8H7F3IN/c9-8(10,11)7(13)5-2-1-3-6(12)4-5/h1-4,7H,13H2. The molecule has 0 heterocycles. The molecular formula is C8H7F3IN. The van der Waals surface area contributed by atoms with Crippen molar-refractivity contribution in [1.29, 1.82) is 0 Å². The zero-order valence-electron chi connectivity index (χ0n) is 6.48. The van der Waals surface area contributed by atoms with Crippen LogP contribution in [-0.4, -0.2) is 6.18 Å². The largest absolute Gasteiger partial charge is 0.407 e. The third-order valence-electron chi connectivity index (χ3n) is 1.56. The second-order valence-corrected chi connectivity index (χ2v) is 3.82. The highest BCUT2D eigenvalue weighted by Gasteiger charge is 2.37. The van der Waals surface area contributed by atoms with E-state index in [0.29, 0.717) is 0 Å². The molecule has 0 radical (unpaired) electrons. The zero-order valence-corrected chi connectivity index (χ0v) is 8.63. The molecule has 0 aliphatic carbocycles. The van der Waals surface area contributed by atoms with Gasteiger partial charge >= 0.3 is 6.18 Å². The van der Waals surface area contributed by atoms with E-state index in [0.717, 1.165) is 3.57 Å². The van der Waals surface area contributed by atoms with Crippen molar-refractivity contribution in [3.8, 4) is 0 Å². The Morgan fingerprint density at radius 1 is 1.31 bits per heavy atom. The molecule has 1 aromatic carbocycles. The first-order valence-electron chi connectivity index (χ1n) is 3.49. The fourth-order valence-electron chi connectivity index (χ4n) is 0.889. The molecule has 1 atom stereocenters. The van der Waals surface area contributed by atoms with E-state index in [-0.39, 0.29) is 5.56 Å². The number of nitrogens with two attached hydrogens (primary N) is 1. The molecule has 72 valence electrons. The van der Waals surface area contributed by atoms with Crippen LogP contribution in [0.25, 0.3) is 0 Å². The van der Waals surface area contributed by atoms with Gasteiger partial charge in [-0.1, -0.05) is 12.1 Å². The van der Waals surface area contributed by atoms with Crippen LogP contribution in [0.3, 0.4) is 0 Å². The Bertz CT molecular complexity index is 298. The molecule has 0 aromatic heterocycles. The van der Waals surface area contributed by atoms with Crippen molar-refractivity contribution in [1.82, 2.24) is 0 Å². The molecule has 0 aliphatic rings. The van der Waals surface area contributed by atoms with Gasteiger partial charge in [-0.15, -0.1) is 0 Å². The molecule has 0 spiro atoms. The molecule has 1 rings (SSSR count). The maximum atomic E-state index is 12.1. The lowest BCUT2D eigenvalue weighted by Crippen LogP contribution is -2.28. The summed E-state index contributed by atoms with van der Waals surface area (Å²) in [5.41, 5.74) is 5.11. The van der Waals surface area contributed by atoms with E-state index >= 15 is 0 Å². The first-order chi connectivity index (χ1) is 5.91. The van der Waals surface area contributed by atoms with Crippen molar-refractivity contribution in [3.63, 3.8) is 0 Å². The number of hydrogen-bond donors (Lipinski definition) is 1. The molecular weight excluding hydrogens is 294 g/mol. The summed E-state index contributed by atoms with van der Waals surface area (Å²) in [6.07, 6.45) is -4.37. The predicted molar refractivity (Wildman–Crippen MR) is 52.1 cm³/mol. The van der Waals surface area contributed by atoms with Crippen LogP contribution >= 0.6 is 22.6 Å². The number of alkyl halides is 3. The summed E-state index contributed by atoms with van der Waals surface area (Å²) in [5.74, 6) is 0. The normalized spacial score (nSPS) is 14.2. The quantitative estimate of drug-likeness (QED) is 0.793. The molecule has 1 unspecified atom stereocenters. The molecule has 5 heteroatoms. The molecule has 2 N–H and O–H groups in total. The van der Waals surface area contributed by atoms with Crippen LogP contribution in [-0.2, 0) is 0 Å². The van der Waals surface area contributed by atoms with Gasteiger partial charge in [0, 0.05) is 3.57 Å². The summed E-state index contributed by atoms with van der Waals surface area (Å²) in [6, 6.07) is 4.19. The first-order valence-corrected chi connectivity index (χ1v) is 4.57. The average Bonchev–Trinajstić information content (AvgIpc) is 2.01. The monoisotopic (exact) mass is 301 g/mol. The van der Waals surface area contributed by atoms with Crippen molar-refractivity contribution < 1.29 is 13.2 Å². The van der Waals surface area contributed by atoms with Gasteiger partial charge in [0.05, 0.1) is 0 Å². The van der Waals surface area contributed by atoms with Crippen LogP contribution in [0, 0.1) is 3.57 Å². The van der Waals surface area contributed by atoms with Crippen molar-refractivity contribution in [2.24, 2.45) is 5.73 Å². The van der Waals surface area contributed by atoms with Gasteiger partial charge in [-0.3, -0.25) is 0 Å². The number of halogens is 4. The van der Waals surface area contributed by atoms with Crippen molar-refractivity contribution >= 4 is 22.6 Å². The first kappa shape index (κ1) is 10.8. The van der Waals surface area contributed by atoms with E-state index in [9.17, 15) is 13.2 Å². The Hall–Kier alpha value is -0.300. The average molecular weight is 301 g/mol. The van der Waals surface area contributed by atoms with Gasteiger partial charge < -0.3 is 5.73 Å². The van der Waals surface area contributed by atoms with Gasteiger partial charge in [0.15, 0.2) is 0 Å². The molecule has 0 bridgehead atoms.